The molecule has 0 heterocycles. The molecule has 10 heteroatoms. The normalized spacial score (nSPS) is 11.0. The second kappa shape index (κ2) is 17.0. The number of nitrogens with zero attached hydrogens (tertiary/aromatic N) is 2. The Balaban J connectivity index is 1.43. The van der Waals surface area contributed by atoms with Gasteiger partial charge in [0.1, 0.15) is 17.2 Å². The quantitative estimate of drug-likeness (QED) is 0.139. The van der Waals surface area contributed by atoms with Crippen molar-refractivity contribution in [3.8, 4) is 22.6 Å². The number of amides is 3. The van der Waals surface area contributed by atoms with Gasteiger partial charge in [-0.3, -0.25) is 9.59 Å². The van der Waals surface area contributed by atoms with Crippen molar-refractivity contribution < 1.29 is 28.2 Å². The van der Waals surface area contributed by atoms with Crippen LogP contribution >= 0.6 is 11.6 Å². The second-order valence-electron chi connectivity index (χ2n) is 13.1. The number of alkyl carbamates (subject to hydrolysis) is 1. The van der Waals surface area contributed by atoms with E-state index in [2.05, 4.69) is 5.32 Å². The topological polar surface area (TPSA) is 88.2 Å². The molecule has 0 aliphatic carbocycles. The van der Waals surface area contributed by atoms with Crippen molar-refractivity contribution in [1.29, 1.82) is 0 Å². The fourth-order valence-corrected chi connectivity index (χ4v) is 5.72. The second-order valence-corrected chi connectivity index (χ2v) is 13.5. The highest BCUT2D eigenvalue weighted by Gasteiger charge is 2.24. The van der Waals surface area contributed by atoms with E-state index in [1.54, 1.807) is 92.4 Å². The predicted octanol–water partition coefficient (Wildman–Crippen LogP) is 10.1. The first kappa shape index (κ1) is 37.6. The zero-order chi connectivity index (χ0) is 37.3. The Labute approximate surface area is 308 Å². The molecule has 0 radical (unpaired) electrons. The summed E-state index contributed by atoms with van der Waals surface area (Å²) in [6, 6.07) is 35.5. The zero-order valence-electron chi connectivity index (χ0n) is 29.6. The first-order valence-electron chi connectivity index (χ1n) is 16.9. The third-order valence-electron chi connectivity index (χ3n) is 7.95. The van der Waals surface area contributed by atoms with Gasteiger partial charge in [-0.2, -0.15) is 0 Å². The maximum Gasteiger partial charge on any atom is 0.407 e. The molecule has 52 heavy (non-hydrogen) atoms. The number of anilines is 2. The average molecular weight is 722 g/mol. The number of carbonyl (C=O) groups excluding carboxylic acids is 3. The van der Waals surface area contributed by atoms with Gasteiger partial charge in [0.15, 0.2) is 5.75 Å². The van der Waals surface area contributed by atoms with E-state index in [0.29, 0.717) is 34.2 Å². The smallest absolute Gasteiger partial charge is 0.407 e. The van der Waals surface area contributed by atoms with Gasteiger partial charge < -0.3 is 24.6 Å². The SMILES string of the molecule is CC(=O)N(CCCN(C(=O)c1ccc(-c2ccccc2)cc1)c1ccc(Cl)cc1Oc1cccc(CNC(=O)OC(C)(C)C)c1)c1ccccc1F. The van der Waals surface area contributed by atoms with Gasteiger partial charge in [0.2, 0.25) is 5.91 Å². The molecule has 0 atom stereocenters. The molecule has 3 amide bonds. The molecule has 5 aromatic carbocycles. The molecule has 1 N–H and O–H groups in total. The molecule has 5 rings (SSSR count). The van der Waals surface area contributed by atoms with E-state index in [9.17, 15) is 18.8 Å². The fraction of sp³-hybridized carbons (Fsp3) is 0.214. The van der Waals surface area contributed by atoms with Crippen LogP contribution in [-0.2, 0) is 16.1 Å². The summed E-state index contributed by atoms with van der Waals surface area (Å²) >= 11 is 6.47. The Morgan fingerprint density at radius 3 is 2.12 bits per heavy atom. The maximum atomic E-state index is 14.7. The average Bonchev–Trinajstić information content (AvgIpc) is 3.11. The molecule has 0 spiro atoms. The Hall–Kier alpha value is -5.67. The van der Waals surface area contributed by atoms with E-state index < -0.39 is 17.5 Å². The minimum atomic E-state index is -0.632. The number of ether oxygens (including phenoxy) is 2. The van der Waals surface area contributed by atoms with Gasteiger partial charge >= 0.3 is 6.09 Å². The Kier molecular flexibility index (Phi) is 12.3. The van der Waals surface area contributed by atoms with Crippen molar-refractivity contribution in [1.82, 2.24) is 5.32 Å². The summed E-state index contributed by atoms with van der Waals surface area (Å²) in [5.74, 6) is -0.370. The van der Waals surface area contributed by atoms with Crippen molar-refractivity contribution in [3.05, 3.63) is 143 Å². The monoisotopic (exact) mass is 721 g/mol. The van der Waals surface area contributed by atoms with Crippen LogP contribution in [0, 0.1) is 5.82 Å². The largest absolute Gasteiger partial charge is 0.455 e. The van der Waals surface area contributed by atoms with Gasteiger partial charge in [-0.05, 0) is 92.4 Å². The van der Waals surface area contributed by atoms with Gasteiger partial charge in [-0.1, -0.05) is 78.3 Å². The molecule has 0 aliphatic rings. The number of nitrogens with one attached hydrogen (secondary N) is 1. The van der Waals surface area contributed by atoms with Crippen LogP contribution in [0.3, 0.4) is 0 Å². The summed E-state index contributed by atoms with van der Waals surface area (Å²) in [5.41, 5.74) is 3.16. The molecule has 5 aromatic rings. The highest BCUT2D eigenvalue weighted by Crippen LogP contribution is 2.36. The van der Waals surface area contributed by atoms with E-state index in [0.717, 1.165) is 16.7 Å². The third-order valence-corrected chi connectivity index (χ3v) is 8.18. The number of benzene rings is 5. The number of carbonyl (C=O) groups is 3. The van der Waals surface area contributed by atoms with E-state index in [1.807, 2.05) is 48.5 Å². The molecule has 0 saturated carbocycles. The van der Waals surface area contributed by atoms with Crippen molar-refractivity contribution >= 4 is 40.9 Å². The lowest BCUT2D eigenvalue weighted by Crippen LogP contribution is -2.36. The lowest BCUT2D eigenvalue weighted by atomic mass is 10.0. The molecule has 0 aromatic heterocycles. The van der Waals surface area contributed by atoms with Crippen LogP contribution < -0.4 is 19.9 Å². The summed E-state index contributed by atoms with van der Waals surface area (Å²) in [5, 5.41) is 3.14. The van der Waals surface area contributed by atoms with E-state index in [1.165, 1.54) is 17.9 Å². The van der Waals surface area contributed by atoms with Gasteiger partial charge in [-0.25, -0.2) is 9.18 Å². The van der Waals surface area contributed by atoms with E-state index in [4.69, 9.17) is 21.1 Å². The van der Waals surface area contributed by atoms with E-state index >= 15 is 0 Å². The summed E-state index contributed by atoms with van der Waals surface area (Å²) in [6.45, 7) is 7.27. The van der Waals surface area contributed by atoms with Crippen LogP contribution in [0.2, 0.25) is 5.02 Å². The highest BCUT2D eigenvalue weighted by molar-refractivity contribution is 6.31. The first-order chi connectivity index (χ1) is 24.9. The van der Waals surface area contributed by atoms with Gasteiger partial charge in [0.25, 0.3) is 5.91 Å². The van der Waals surface area contributed by atoms with Gasteiger partial charge in [0.05, 0.1) is 11.4 Å². The van der Waals surface area contributed by atoms with Crippen molar-refractivity contribution in [3.63, 3.8) is 0 Å². The third kappa shape index (κ3) is 10.2. The molecule has 0 saturated heterocycles. The summed E-state index contributed by atoms with van der Waals surface area (Å²) in [4.78, 5) is 42.2. The first-order valence-corrected chi connectivity index (χ1v) is 17.3. The lowest BCUT2D eigenvalue weighted by molar-refractivity contribution is -0.116. The number of halogens is 2. The lowest BCUT2D eigenvalue weighted by Gasteiger charge is -2.27. The Morgan fingerprint density at radius 2 is 1.42 bits per heavy atom. The number of hydrogen-bond donors (Lipinski definition) is 1. The summed E-state index contributed by atoms with van der Waals surface area (Å²) in [6.07, 6.45) is -0.226. The number of para-hydroxylation sites is 1. The van der Waals surface area contributed by atoms with Gasteiger partial charge in [0, 0.05) is 43.2 Å². The van der Waals surface area contributed by atoms with Crippen LogP contribution in [0.4, 0.5) is 20.6 Å². The van der Waals surface area contributed by atoms with Crippen LogP contribution in [-0.4, -0.2) is 36.6 Å². The summed E-state index contributed by atoms with van der Waals surface area (Å²) < 4.78 is 26.4. The van der Waals surface area contributed by atoms with Crippen molar-refractivity contribution in [2.24, 2.45) is 0 Å². The van der Waals surface area contributed by atoms with Crippen LogP contribution in [0.1, 0.15) is 50.0 Å². The molecule has 268 valence electrons. The van der Waals surface area contributed by atoms with Gasteiger partial charge in [-0.15, -0.1) is 0 Å². The molecule has 0 unspecified atom stereocenters. The number of rotatable bonds is 12. The number of hydrogen-bond acceptors (Lipinski definition) is 5. The molecule has 0 fully saturated rings. The van der Waals surface area contributed by atoms with Crippen LogP contribution in [0.15, 0.2) is 121 Å². The van der Waals surface area contributed by atoms with Crippen molar-refractivity contribution in [2.45, 2.75) is 46.3 Å². The standard InChI is InChI=1S/C42H41ClFN3O5/c1-29(48)46(37-17-9-8-16-36(37)44)24-11-25-47(40(49)33-20-18-32(19-21-33)31-13-6-5-7-14-31)38-23-22-34(43)27-39(38)51-35-15-10-12-30(26-35)28-45-41(50)52-42(2,3)4/h5-10,12-23,26-27H,11,24-25,28H2,1-4H3,(H,45,50). The van der Waals surface area contributed by atoms with Crippen LogP contribution in [0.25, 0.3) is 11.1 Å². The Bertz CT molecular complexity index is 2020. The van der Waals surface area contributed by atoms with Crippen LogP contribution in [0.5, 0.6) is 11.5 Å². The maximum absolute atomic E-state index is 14.7. The highest BCUT2D eigenvalue weighted by atomic mass is 35.5. The minimum absolute atomic E-state index is 0.156. The molecule has 8 nitrogen and oxygen atoms in total. The van der Waals surface area contributed by atoms with Crippen molar-refractivity contribution in [2.75, 3.05) is 22.9 Å². The minimum Gasteiger partial charge on any atom is -0.455 e. The molecule has 0 aliphatic heterocycles. The molecular weight excluding hydrogens is 681 g/mol. The predicted molar refractivity (Wildman–Crippen MR) is 204 cm³/mol. The molecular formula is C42H41ClFN3O5. The summed E-state index contributed by atoms with van der Waals surface area (Å²) in [7, 11) is 0. The zero-order valence-corrected chi connectivity index (χ0v) is 30.3. The Morgan fingerprint density at radius 1 is 0.750 bits per heavy atom. The van der Waals surface area contributed by atoms with E-state index in [-0.39, 0.29) is 37.1 Å². The fourth-order valence-electron chi connectivity index (χ4n) is 5.56. The molecule has 0 bridgehead atoms.